The Morgan fingerprint density at radius 2 is 2.25 bits per heavy atom. The van der Waals surface area contributed by atoms with Crippen LogP contribution in [-0.4, -0.2) is 40.8 Å². The Kier molecular flexibility index (Phi) is 5.08. The highest BCUT2D eigenvalue weighted by Crippen LogP contribution is 2.23. The number of halogens is 1. The summed E-state index contributed by atoms with van der Waals surface area (Å²) in [5, 5.41) is 7.80. The van der Waals surface area contributed by atoms with E-state index < -0.39 is 0 Å². The molecule has 0 spiro atoms. The first kappa shape index (κ1) is 16.4. The van der Waals surface area contributed by atoms with Gasteiger partial charge in [-0.15, -0.1) is 0 Å². The smallest absolute Gasteiger partial charge is 0.256 e. The van der Waals surface area contributed by atoms with E-state index in [2.05, 4.69) is 15.4 Å². The Balaban J connectivity index is 1.90. The maximum atomic E-state index is 12.3. The summed E-state index contributed by atoms with van der Waals surface area (Å²) >= 11 is 6.06. The van der Waals surface area contributed by atoms with E-state index in [1.165, 1.54) is 6.20 Å². The van der Waals surface area contributed by atoms with Crippen LogP contribution in [0.1, 0.15) is 16.8 Å². The molecule has 1 N–H and O–H groups in total. The van der Waals surface area contributed by atoms with Gasteiger partial charge in [-0.25, -0.2) is 9.50 Å². The van der Waals surface area contributed by atoms with E-state index in [9.17, 15) is 4.79 Å². The number of rotatable bonds is 6. The largest absolute Gasteiger partial charge is 0.385 e. The molecule has 3 aromatic rings. The first-order chi connectivity index (χ1) is 11.7. The second kappa shape index (κ2) is 7.42. The molecule has 0 bridgehead atoms. The fraction of sp³-hybridized carbons (Fsp3) is 0.235. The van der Waals surface area contributed by atoms with Crippen molar-refractivity contribution in [1.82, 2.24) is 19.9 Å². The average Bonchev–Trinajstić information content (AvgIpc) is 3.02. The molecule has 0 saturated carbocycles. The number of hydrogen-bond acceptors (Lipinski definition) is 4. The van der Waals surface area contributed by atoms with Crippen molar-refractivity contribution in [2.45, 2.75) is 6.42 Å². The number of amides is 1. The fourth-order valence-electron chi connectivity index (χ4n) is 2.43. The van der Waals surface area contributed by atoms with E-state index in [1.807, 2.05) is 30.3 Å². The maximum absolute atomic E-state index is 12.3. The molecule has 124 valence electrons. The Labute approximate surface area is 144 Å². The van der Waals surface area contributed by atoms with E-state index in [0.29, 0.717) is 29.4 Å². The van der Waals surface area contributed by atoms with Crippen LogP contribution in [0.2, 0.25) is 5.02 Å². The number of methoxy groups -OCH3 is 1. The SMILES string of the molecule is COCCCNC(=O)c1cnn2c(-c3cccc(Cl)c3)ccnc12. The predicted molar refractivity (Wildman–Crippen MR) is 92.3 cm³/mol. The van der Waals surface area contributed by atoms with Gasteiger partial charge in [0.15, 0.2) is 5.65 Å². The summed E-state index contributed by atoms with van der Waals surface area (Å²) < 4.78 is 6.62. The minimum atomic E-state index is -0.197. The second-order valence-corrected chi connectivity index (χ2v) is 5.67. The molecule has 2 heterocycles. The number of fused-ring (bicyclic) bond motifs is 1. The zero-order valence-electron chi connectivity index (χ0n) is 13.2. The van der Waals surface area contributed by atoms with Crippen LogP contribution >= 0.6 is 11.6 Å². The Morgan fingerprint density at radius 3 is 3.04 bits per heavy atom. The molecule has 0 atom stereocenters. The lowest BCUT2D eigenvalue weighted by Gasteiger charge is -2.06. The summed E-state index contributed by atoms with van der Waals surface area (Å²) in [5.41, 5.74) is 2.68. The molecule has 0 fully saturated rings. The molecular formula is C17H17ClN4O2. The highest BCUT2D eigenvalue weighted by atomic mass is 35.5. The summed E-state index contributed by atoms with van der Waals surface area (Å²) in [6.45, 7) is 1.14. The van der Waals surface area contributed by atoms with Gasteiger partial charge in [-0.05, 0) is 24.6 Å². The first-order valence-electron chi connectivity index (χ1n) is 7.56. The maximum Gasteiger partial charge on any atom is 0.256 e. The van der Waals surface area contributed by atoms with Gasteiger partial charge in [0.05, 0.1) is 11.9 Å². The third kappa shape index (κ3) is 3.39. The van der Waals surface area contributed by atoms with Gasteiger partial charge in [-0.3, -0.25) is 4.79 Å². The molecule has 0 aliphatic carbocycles. The molecule has 6 nitrogen and oxygen atoms in total. The van der Waals surface area contributed by atoms with Crippen LogP contribution in [0.5, 0.6) is 0 Å². The lowest BCUT2D eigenvalue weighted by atomic mass is 10.1. The van der Waals surface area contributed by atoms with Gasteiger partial charge >= 0.3 is 0 Å². The molecule has 0 aliphatic rings. The van der Waals surface area contributed by atoms with Gasteiger partial charge in [-0.2, -0.15) is 5.10 Å². The summed E-state index contributed by atoms with van der Waals surface area (Å²) in [4.78, 5) is 16.6. The van der Waals surface area contributed by atoms with Crippen LogP contribution in [0.25, 0.3) is 16.9 Å². The van der Waals surface area contributed by atoms with E-state index >= 15 is 0 Å². The third-order valence-corrected chi connectivity index (χ3v) is 3.81. The summed E-state index contributed by atoms with van der Waals surface area (Å²) in [7, 11) is 1.63. The second-order valence-electron chi connectivity index (χ2n) is 5.24. The number of hydrogen-bond donors (Lipinski definition) is 1. The Hall–Kier alpha value is -2.44. The van der Waals surface area contributed by atoms with Crippen molar-refractivity contribution in [2.24, 2.45) is 0 Å². The summed E-state index contributed by atoms with van der Waals surface area (Å²) in [5.74, 6) is -0.197. The molecule has 2 aromatic heterocycles. The van der Waals surface area contributed by atoms with Gasteiger partial charge in [0, 0.05) is 37.0 Å². The van der Waals surface area contributed by atoms with Gasteiger partial charge in [0.1, 0.15) is 5.56 Å². The predicted octanol–water partition coefficient (Wildman–Crippen LogP) is 2.82. The summed E-state index contributed by atoms with van der Waals surface area (Å²) in [6, 6.07) is 9.31. The molecule has 0 aliphatic heterocycles. The average molecular weight is 345 g/mol. The van der Waals surface area contributed by atoms with Crippen molar-refractivity contribution in [3.63, 3.8) is 0 Å². The lowest BCUT2D eigenvalue weighted by Crippen LogP contribution is -2.25. The van der Waals surface area contributed by atoms with Crippen molar-refractivity contribution < 1.29 is 9.53 Å². The fourth-order valence-corrected chi connectivity index (χ4v) is 2.62. The quantitative estimate of drug-likeness (QED) is 0.698. The molecule has 1 aromatic carbocycles. The van der Waals surface area contributed by atoms with Crippen LogP contribution in [0, 0.1) is 0 Å². The lowest BCUT2D eigenvalue weighted by molar-refractivity contribution is 0.0950. The van der Waals surface area contributed by atoms with Crippen molar-refractivity contribution in [3.8, 4) is 11.3 Å². The normalized spacial score (nSPS) is 10.9. The van der Waals surface area contributed by atoms with Gasteiger partial charge in [-0.1, -0.05) is 23.7 Å². The minimum Gasteiger partial charge on any atom is -0.385 e. The Morgan fingerprint density at radius 1 is 1.38 bits per heavy atom. The van der Waals surface area contributed by atoms with Gasteiger partial charge in [0.25, 0.3) is 5.91 Å². The van der Waals surface area contributed by atoms with Crippen LogP contribution in [0.15, 0.2) is 42.7 Å². The number of carbonyl (C=O) groups excluding carboxylic acids is 1. The van der Waals surface area contributed by atoms with E-state index in [4.69, 9.17) is 16.3 Å². The number of aromatic nitrogens is 3. The van der Waals surface area contributed by atoms with Crippen LogP contribution in [0.4, 0.5) is 0 Å². The molecular weight excluding hydrogens is 328 g/mol. The van der Waals surface area contributed by atoms with E-state index in [-0.39, 0.29) is 5.91 Å². The van der Waals surface area contributed by atoms with Crippen LogP contribution < -0.4 is 5.32 Å². The van der Waals surface area contributed by atoms with Crippen molar-refractivity contribution >= 4 is 23.2 Å². The monoisotopic (exact) mass is 344 g/mol. The van der Waals surface area contributed by atoms with Gasteiger partial charge < -0.3 is 10.1 Å². The number of ether oxygens (including phenoxy) is 1. The highest BCUT2D eigenvalue weighted by Gasteiger charge is 2.15. The van der Waals surface area contributed by atoms with E-state index in [0.717, 1.165) is 17.7 Å². The molecule has 0 unspecified atom stereocenters. The molecule has 7 heteroatoms. The zero-order chi connectivity index (χ0) is 16.9. The van der Waals surface area contributed by atoms with Crippen LogP contribution in [-0.2, 0) is 4.74 Å². The van der Waals surface area contributed by atoms with Crippen LogP contribution in [0.3, 0.4) is 0 Å². The number of nitrogens with one attached hydrogen (secondary N) is 1. The van der Waals surface area contributed by atoms with Crippen molar-refractivity contribution in [2.75, 3.05) is 20.3 Å². The molecule has 24 heavy (non-hydrogen) atoms. The van der Waals surface area contributed by atoms with Crippen molar-refractivity contribution in [1.29, 1.82) is 0 Å². The van der Waals surface area contributed by atoms with Gasteiger partial charge in [0.2, 0.25) is 0 Å². The molecule has 0 saturated heterocycles. The first-order valence-corrected chi connectivity index (χ1v) is 7.94. The molecule has 3 rings (SSSR count). The standard InChI is InChI=1S/C17H17ClN4O2/c1-24-9-3-7-20-17(23)14-11-21-22-15(6-8-19-16(14)22)12-4-2-5-13(18)10-12/h2,4-6,8,10-11H,3,7,9H2,1H3,(H,20,23). The highest BCUT2D eigenvalue weighted by molar-refractivity contribution is 6.30. The summed E-state index contributed by atoms with van der Waals surface area (Å²) in [6.07, 6.45) is 3.94. The van der Waals surface area contributed by atoms with E-state index in [1.54, 1.807) is 17.8 Å². The third-order valence-electron chi connectivity index (χ3n) is 3.58. The van der Waals surface area contributed by atoms with Crippen molar-refractivity contribution in [3.05, 3.63) is 53.3 Å². The topological polar surface area (TPSA) is 68.5 Å². The number of carbonyl (C=O) groups is 1. The Bertz CT molecular complexity index is 863. The molecule has 0 radical (unpaired) electrons. The number of benzene rings is 1. The minimum absolute atomic E-state index is 0.197. The number of nitrogens with zero attached hydrogens (tertiary/aromatic N) is 3. The molecule has 1 amide bonds. The zero-order valence-corrected chi connectivity index (χ0v) is 14.0.